The molecule has 1 aromatic carbocycles. The average molecular weight is 516 g/mol. The number of rotatable bonds is 9. The summed E-state index contributed by atoms with van der Waals surface area (Å²) in [5.74, 6) is -6.33. The predicted octanol–water partition coefficient (Wildman–Crippen LogP) is 1.29. The van der Waals surface area contributed by atoms with E-state index in [9.17, 15) is 27.2 Å². The van der Waals surface area contributed by atoms with Crippen LogP contribution in [-0.4, -0.2) is 73.3 Å². The van der Waals surface area contributed by atoms with E-state index in [1.54, 1.807) is 13.8 Å². The molecule has 1 N–H and O–H groups in total. The van der Waals surface area contributed by atoms with E-state index in [0.717, 1.165) is 6.07 Å². The molecule has 6 unspecified atom stereocenters. The van der Waals surface area contributed by atoms with Gasteiger partial charge < -0.3 is 23.7 Å². The minimum Gasteiger partial charge on any atom is -0.485 e. The van der Waals surface area contributed by atoms with Crippen LogP contribution in [0.2, 0.25) is 0 Å². The van der Waals surface area contributed by atoms with Crippen LogP contribution in [0.25, 0.3) is 0 Å². The molecule has 3 aliphatic rings. The quantitative estimate of drug-likeness (QED) is 0.287. The van der Waals surface area contributed by atoms with Gasteiger partial charge in [0.2, 0.25) is 0 Å². The van der Waals surface area contributed by atoms with Crippen molar-refractivity contribution >= 4 is 28.0 Å². The Balaban J connectivity index is 1.50. The van der Waals surface area contributed by atoms with Crippen molar-refractivity contribution in [1.29, 1.82) is 0 Å². The molecule has 3 heterocycles. The zero-order valence-corrected chi connectivity index (χ0v) is 19.9. The average Bonchev–Trinajstić information content (AvgIpc) is 3.38. The fourth-order valence-electron chi connectivity index (χ4n) is 4.35. The SMILES string of the molecule is CCC(C)(C)Oc1cc(C(=O)OC2C3OC(=O)C4C3OC2C4C(=O)OCCS(=O)(=O)O)ccc1F. The number of hydrogen-bond donors (Lipinski definition) is 1. The topological polar surface area (TPSA) is 152 Å². The second kappa shape index (κ2) is 9.03. The summed E-state index contributed by atoms with van der Waals surface area (Å²) in [5, 5.41) is 0. The van der Waals surface area contributed by atoms with Crippen LogP contribution >= 0.6 is 0 Å². The van der Waals surface area contributed by atoms with E-state index in [0.29, 0.717) is 6.42 Å². The lowest BCUT2D eigenvalue weighted by atomic mass is 9.78. The number of hydrogen-bond acceptors (Lipinski definition) is 10. The molecule has 0 spiro atoms. The van der Waals surface area contributed by atoms with E-state index in [-0.39, 0.29) is 11.3 Å². The number of halogens is 1. The van der Waals surface area contributed by atoms with Crippen LogP contribution in [0.1, 0.15) is 37.6 Å². The highest BCUT2D eigenvalue weighted by Crippen LogP contribution is 2.51. The molecule has 13 heteroatoms. The summed E-state index contributed by atoms with van der Waals surface area (Å²) >= 11 is 0. The van der Waals surface area contributed by atoms with Crippen molar-refractivity contribution in [2.75, 3.05) is 12.4 Å². The normalized spacial score (nSPS) is 29.1. The second-order valence-electron chi connectivity index (χ2n) is 9.20. The maximum atomic E-state index is 14.2. The maximum Gasteiger partial charge on any atom is 0.338 e. The number of esters is 3. The van der Waals surface area contributed by atoms with E-state index in [1.165, 1.54) is 12.1 Å². The highest BCUT2D eigenvalue weighted by molar-refractivity contribution is 7.85. The van der Waals surface area contributed by atoms with Crippen LogP contribution in [0.5, 0.6) is 5.75 Å². The van der Waals surface area contributed by atoms with Crippen LogP contribution in [0.4, 0.5) is 4.39 Å². The van der Waals surface area contributed by atoms with Crippen molar-refractivity contribution in [3.05, 3.63) is 29.6 Å². The molecule has 4 rings (SSSR count). The Hall–Kier alpha value is -2.77. The Morgan fingerprint density at radius 3 is 2.57 bits per heavy atom. The van der Waals surface area contributed by atoms with E-state index in [1.807, 2.05) is 6.92 Å². The van der Waals surface area contributed by atoms with Crippen LogP contribution in [-0.2, 0) is 38.7 Å². The molecule has 0 aromatic heterocycles. The molecule has 3 fully saturated rings. The summed E-state index contributed by atoms with van der Waals surface area (Å²) < 4.78 is 71.9. The first-order valence-electron chi connectivity index (χ1n) is 11.0. The first-order valence-corrected chi connectivity index (χ1v) is 12.6. The number of carbonyl (C=O) groups excluding carboxylic acids is 3. The van der Waals surface area contributed by atoms with Crippen LogP contribution in [0, 0.1) is 17.7 Å². The van der Waals surface area contributed by atoms with E-state index in [2.05, 4.69) is 0 Å². The van der Waals surface area contributed by atoms with Crippen molar-refractivity contribution in [2.24, 2.45) is 11.8 Å². The van der Waals surface area contributed by atoms with Gasteiger partial charge in [0.05, 0.1) is 5.56 Å². The lowest BCUT2D eigenvalue weighted by Crippen LogP contribution is -2.48. The maximum absolute atomic E-state index is 14.2. The molecular weight excluding hydrogens is 491 g/mol. The molecule has 3 saturated heterocycles. The molecule has 35 heavy (non-hydrogen) atoms. The van der Waals surface area contributed by atoms with Gasteiger partial charge in [-0.1, -0.05) is 6.92 Å². The van der Waals surface area contributed by atoms with Crippen molar-refractivity contribution in [3.8, 4) is 5.75 Å². The highest BCUT2D eigenvalue weighted by Gasteiger charge is 2.72. The van der Waals surface area contributed by atoms with Crippen molar-refractivity contribution in [2.45, 2.75) is 57.2 Å². The smallest absolute Gasteiger partial charge is 0.338 e. The molecule has 6 atom stereocenters. The third kappa shape index (κ3) is 4.98. The molecule has 2 bridgehead atoms. The fourth-order valence-corrected chi connectivity index (χ4v) is 4.65. The first kappa shape index (κ1) is 25.3. The second-order valence-corrected chi connectivity index (χ2v) is 10.8. The third-order valence-electron chi connectivity index (χ3n) is 6.41. The Morgan fingerprint density at radius 2 is 1.91 bits per heavy atom. The van der Waals surface area contributed by atoms with Gasteiger partial charge in [-0.25, -0.2) is 9.18 Å². The minimum absolute atomic E-state index is 0.0239. The number of fused-ring (bicyclic) bond motifs is 1. The molecule has 1 aromatic rings. The molecule has 0 aliphatic carbocycles. The number of ether oxygens (including phenoxy) is 5. The number of benzene rings is 1. The van der Waals surface area contributed by atoms with Crippen molar-refractivity contribution in [1.82, 2.24) is 0 Å². The minimum atomic E-state index is -4.36. The summed E-state index contributed by atoms with van der Waals surface area (Å²) in [5.41, 5.74) is -0.707. The first-order chi connectivity index (χ1) is 16.3. The molecule has 0 saturated carbocycles. The van der Waals surface area contributed by atoms with Gasteiger partial charge in [-0.3, -0.25) is 14.1 Å². The van der Waals surface area contributed by atoms with Crippen LogP contribution in [0.15, 0.2) is 18.2 Å². The zero-order valence-electron chi connectivity index (χ0n) is 19.1. The summed E-state index contributed by atoms with van der Waals surface area (Å²) in [6.45, 7) is 4.77. The summed E-state index contributed by atoms with van der Waals surface area (Å²) in [4.78, 5) is 37.8. The molecule has 0 amide bonds. The number of carbonyl (C=O) groups is 3. The predicted molar refractivity (Wildman–Crippen MR) is 113 cm³/mol. The van der Waals surface area contributed by atoms with Gasteiger partial charge in [0.1, 0.15) is 42.0 Å². The monoisotopic (exact) mass is 516 g/mol. The van der Waals surface area contributed by atoms with Gasteiger partial charge >= 0.3 is 17.9 Å². The lowest BCUT2D eigenvalue weighted by Gasteiger charge is -2.27. The van der Waals surface area contributed by atoms with Gasteiger partial charge in [-0.15, -0.1) is 0 Å². The van der Waals surface area contributed by atoms with Crippen LogP contribution in [0.3, 0.4) is 0 Å². The van der Waals surface area contributed by atoms with Gasteiger partial charge in [0.15, 0.2) is 23.8 Å². The van der Waals surface area contributed by atoms with Crippen LogP contribution < -0.4 is 4.74 Å². The molecule has 11 nitrogen and oxygen atoms in total. The molecule has 192 valence electrons. The lowest BCUT2D eigenvalue weighted by molar-refractivity contribution is -0.155. The molecular formula is C22H25FO11S. The van der Waals surface area contributed by atoms with E-state index in [4.69, 9.17) is 28.2 Å². The standard InChI is InChI=1S/C22H25FO11S/c1-4-22(2,3)34-12-9-10(5-6-11(12)23)19(24)32-17-15-13(20(25)30-7-8-35(27,28)29)14-16(31-15)18(17)33-21(14)26/h5-6,9,13-18H,4,7-8H2,1-3H3,(H,27,28,29). The Morgan fingerprint density at radius 1 is 1.20 bits per heavy atom. The highest BCUT2D eigenvalue weighted by atomic mass is 32.2. The van der Waals surface area contributed by atoms with E-state index >= 15 is 0 Å². The fraction of sp³-hybridized carbons (Fsp3) is 0.591. The largest absolute Gasteiger partial charge is 0.485 e. The summed E-state index contributed by atoms with van der Waals surface area (Å²) in [6.07, 6.45) is -3.41. The Kier molecular flexibility index (Phi) is 6.53. The van der Waals surface area contributed by atoms with Crippen molar-refractivity contribution in [3.63, 3.8) is 0 Å². The zero-order chi connectivity index (χ0) is 25.7. The van der Waals surface area contributed by atoms with Crippen molar-refractivity contribution < 1.29 is 55.4 Å². The molecule has 0 radical (unpaired) electrons. The Labute approximate surface area is 200 Å². The van der Waals surface area contributed by atoms with Gasteiger partial charge in [-0.05, 0) is 38.5 Å². The summed E-state index contributed by atoms with van der Waals surface area (Å²) in [7, 11) is -4.36. The molecule has 3 aliphatic heterocycles. The van der Waals surface area contributed by atoms with Gasteiger partial charge in [-0.2, -0.15) is 8.42 Å². The Bertz CT molecular complexity index is 1150. The third-order valence-corrected chi connectivity index (χ3v) is 7.09. The van der Waals surface area contributed by atoms with E-state index < -0.39 is 88.1 Å². The van der Waals surface area contributed by atoms with Gasteiger partial charge in [0.25, 0.3) is 10.1 Å². The summed E-state index contributed by atoms with van der Waals surface area (Å²) in [6, 6.07) is 3.48. The van der Waals surface area contributed by atoms with Gasteiger partial charge in [0, 0.05) is 0 Å².